The number of nitrogens with zero attached hydrogens (tertiary/aromatic N) is 1. The third-order valence-corrected chi connectivity index (χ3v) is 3.66. The van der Waals surface area contributed by atoms with Crippen molar-refractivity contribution in [3.63, 3.8) is 0 Å². The summed E-state index contributed by atoms with van der Waals surface area (Å²) in [6.45, 7) is 3.78. The van der Waals surface area contributed by atoms with E-state index in [0.29, 0.717) is 0 Å². The van der Waals surface area contributed by atoms with Crippen molar-refractivity contribution in [1.29, 1.82) is 0 Å². The van der Waals surface area contributed by atoms with Gasteiger partial charge in [-0.3, -0.25) is 0 Å². The van der Waals surface area contributed by atoms with Gasteiger partial charge in [0.15, 0.2) is 0 Å². The molecule has 1 aliphatic carbocycles. The van der Waals surface area contributed by atoms with Gasteiger partial charge in [-0.2, -0.15) is 5.10 Å². The van der Waals surface area contributed by atoms with Crippen LogP contribution >= 0.6 is 0 Å². The molecule has 0 aromatic heterocycles. The topological polar surface area (TPSA) is 36.4 Å². The molecule has 3 heteroatoms. The van der Waals surface area contributed by atoms with E-state index in [4.69, 9.17) is 0 Å². The van der Waals surface area contributed by atoms with E-state index in [2.05, 4.69) is 58.8 Å². The van der Waals surface area contributed by atoms with Crippen molar-refractivity contribution in [2.45, 2.75) is 18.8 Å². The minimum atomic E-state index is 0.719. The Hall–Kier alpha value is -2.29. The summed E-state index contributed by atoms with van der Waals surface area (Å²) < 4.78 is 0. The van der Waals surface area contributed by atoms with Gasteiger partial charge in [-0.1, -0.05) is 36.9 Å². The maximum Gasteiger partial charge on any atom is 0.149 e. The average Bonchev–Trinajstić information content (AvgIpc) is 3.31. The molecule has 0 saturated heterocycles. The summed E-state index contributed by atoms with van der Waals surface area (Å²) >= 11 is 0. The first-order chi connectivity index (χ1) is 9.83. The number of hydrogen-bond donors (Lipinski definition) is 2. The molecule has 0 unspecified atom stereocenters. The van der Waals surface area contributed by atoms with Crippen molar-refractivity contribution in [3.8, 4) is 0 Å². The number of fused-ring (bicyclic) bond motifs is 1. The van der Waals surface area contributed by atoms with Crippen molar-refractivity contribution in [2.24, 2.45) is 5.10 Å². The fourth-order valence-corrected chi connectivity index (χ4v) is 2.56. The van der Waals surface area contributed by atoms with E-state index in [-0.39, 0.29) is 0 Å². The molecule has 0 aliphatic heterocycles. The zero-order valence-electron chi connectivity index (χ0n) is 11.7. The van der Waals surface area contributed by atoms with Crippen LogP contribution in [-0.2, 0) is 0 Å². The van der Waals surface area contributed by atoms with E-state index in [0.717, 1.165) is 17.4 Å². The lowest BCUT2D eigenvalue weighted by molar-refractivity contribution is 0.902. The van der Waals surface area contributed by atoms with Gasteiger partial charge in [0.1, 0.15) is 5.84 Å². The Morgan fingerprint density at radius 3 is 2.60 bits per heavy atom. The molecule has 1 saturated carbocycles. The summed E-state index contributed by atoms with van der Waals surface area (Å²) in [5.41, 5.74) is 5.32. The quantitative estimate of drug-likeness (QED) is 0.500. The zero-order valence-corrected chi connectivity index (χ0v) is 11.7. The minimum absolute atomic E-state index is 0.719. The summed E-state index contributed by atoms with van der Waals surface area (Å²) in [4.78, 5) is 0. The molecule has 3 rings (SSSR count). The van der Waals surface area contributed by atoms with Crippen LogP contribution in [0.15, 0.2) is 54.2 Å². The van der Waals surface area contributed by atoms with Crippen LogP contribution in [-0.4, -0.2) is 12.9 Å². The van der Waals surface area contributed by atoms with Gasteiger partial charge in [-0.15, -0.1) is 0 Å². The highest BCUT2D eigenvalue weighted by molar-refractivity contribution is 6.09. The Morgan fingerprint density at radius 2 is 1.95 bits per heavy atom. The second-order valence-electron chi connectivity index (χ2n) is 5.07. The van der Waals surface area contributed by atoms with E-state index in [1.165, 1.54) is 29.2 Å². The van der Waals surface area contributed by atoms with E-state index < -0.39 is 0 Å². The van der Waals surface area contributed by atoms with Crippen LogP contribution in [0.5, 0.6) is 0 Å². The number of anilines is 1. The highest BCUT2D eigenvalue weighted by Crippen LogP contribution is 2.44. The fraction of sp³-hybridized carbons (Fsp3) is 0.235. The molecule has 0 atom stereocenters. The second kappa shape index (κ2) is 5.37. The third-order valence-electron chi connectivity index (χ3n) is 3.66. The van der Waals surface area contributed by atoms with Gasteiger partial charge in [-0.05, 0) is 41.9 Å². The van der Waals surface area contributed by atoms with Gasteiger partial charge in [0.2, 0.25) is 0 Å². The van der Waals surface area contributed by atoms with E-state index in [1.54, 1.807) is 13.1 Å². The van der Waals surface area contributed by atoms with Crippen molar-refractivity contribution in [1.82, 2.24) is 5.43 Å². The molecule has 2 N–H and O–H groups in total. The van der Waals surface area contributed by atoms with Gasteiger partial charge < -0.3 is 10.7 Å². The highest BCUT2D eigenvalue weighted by atomic mass is 15.3. The third kappa shape index (κ3) is 2.39. The maximum atomic E-state index is 4.15. The molecule has 102 valence electrons. The van der Waals surface area contributed by atoms with Crippen molar-refractivity contribution in [2.75, 3.05) is 12.4 Å². The predicted octanol–water partition coefficient (Wildman–Crippen LogP) is 3.85. The Balaban J connectivity index is 2.06. The Morgan fingerprint density at radius 1 is 1.20 bits per heavy atom. The molecular weight excluding hydrogens is 246 g/mol. The van der Waals surface area contributed by atoms with E-state index >= 15 is 0 Å². The second-order valence-corrected chi connectivity index (χ2v) is 5.07. The summed E-state index contributed by atoms with van der Waals surface area (Å²) in [6, 6.07) is 12.9. The van der Waals surface area contributed by atoms with Crippen LogP contribution in [0.4, 0.5) is 5.69 Å². The normalized spacial score (nSPS) is 15.2. The summed E-state index contributed by atoms with van der Waals surface area (Å²) in [5, 5.41) is 10.1. The maximum absolute atomic E-state index is 4.15. The first-order valence-electron chi connectivity index (χ1n) is 6.99. The lowest BCUT2D eigenvalue weighted by Gasteiger charge is -2.12. The van der Waals surface area contributed by atoms with Crippen molar-refractivity contribution in [3.05, 3.63) is 54.6 Å². The Bertz CT molecular complexity index is 669. The molecule has 3 nitrogen and oxygen atoms in total. The van der Waals surface area contributed by atoms with Gasteiger partial charge in [-0.25, -0.2) is 0 Å². The molecule has 1 aliphatic rings. The number of hydrazone groups is 1. The lowest BCUT2D eigenvalue weighted by Crippen LogP contribution is -2.13. The average molecular weight is 265 g/mol. The number of amidine groups is 1. The van der Waals surface area contributed by atoms with Crippen molar-refractivity contribution < 1.29 is 0 Å². The minimum Gasteiger partial charge on any atom is -0.338 e. The number of rotatable bonds is 4. The molecule has 0 heterocycles. The molecule has 2 aromatic carbocycles. The number of hydrogen-bond acceptors (Lipinski definition) is 2. The van der Waals surface area contributed by atoms with Crippen molar-refractivity contribution >= 4 is 22.3 Å². The first kappa shape index (κ1) is 12.7. The fourth-order valence-electron chi connectivity index (χ4n) is 2.56. The summed E-state index contributed by atoms with van der Waals surface area (Å²) in [7, 11) is 1.78. The van der Waals surface area contributed by atoms with Gasteiger partial charge in [0.25, 0.3) is 0 Å². The molecule has 20 heavy (non-hydrogen) atoms. The Kier molecular flexibility index (Phi) is 3.42. The molecule has 0 bridgehead atoms. The summed E-state index contributed by atoms with van der Waals surface area (Å²) in [5.74, 6) is 1.47. The predicted molar refractivity (Wildman–Crippen MR) is 86.2 cm³/mol. The molecule has 0 radical (unpaired) electrons. The Labute approximate surface area is 119 Å². The molecule has 1 fully saturated rings. The van der Waals surface area contributed by atoms with Gasteiger partial charge >= 0.3 is 0 Å². The molecule has 0 amide bonds. The van der Waals surface area contributed by atoms with Crippen LogP contribution in [0.3, 0.4) is 0 Å². The highest BCUT2D eigenvalue weighted by Gasteiger charge is 2.25. The smallest absolute Gasteiger partial charge is 0.149 e. The molecule has 2 aromatic rings. The van der Waals surface area contributed by atoms with Crippen LogP contribution in [0, 0.1) is 0 Å². The number of benzene rings is 2. The van der Waals surface area contributed by atoms with Crippen LogP contribution in [0.1, 0.15) is 24.3 Å². The first-order valence-corrected chi connectivity index (χ1v) is 6.99. The SMILES string of the molecule is C=C/C(=N/NC)Nc1ccc(C2CC2)c2ccccc12. The monoisotopic (exact) mass is 265 g/mol. The largest absolute Gasteiger partial charge is 0.338 e. The number of nitrogens with one attached hydrogen (secondary N) is 2. The zero-order chi connectivity index (χ0) is 13.9. The van der Waals surface area contributed by atoms with E-state index in [1.807, 2.05) is 0 Å². The van der Waals surface area contributed by atoms with Gasteiger partial charge in [0, 0.05) is 18.1 Å². The van der Waals surface area contributed by atoms with Gasteiger partial charge in [0.05, 0.1) is 0 Å². The lowest BCUT2D eigenvalue weighted by atomic mass is 9.99. The van der Waals surface area contributed by atoms with E-state index in [9.17, 15) is 0 Å². The van der Waals surface area contributed by atoms with Crippen LogP contribution in [0.25, 0.3) is 10.8 Å². The molecule has 0 spiro atoms. The summed E-state index contributed by atoms with van der Waals surface area (Å²) in [6.07, 6.45) is 4.34. The van der Waals surface area contributed by atoms with Crippen LogP contribution < -0.4 is 10.7 Å². The van der Waals surface area contributed by atoms with Crippen LogP contribution in [0.2, 0.25) is 0 Å². The molecular formula is C17H19N3. The standard InChI is InChI=1S/C17H19N3/c1-3-17(20-18-2)19-16-11-10-13(12-8-9-12)14-6-4-5-7-15(14)16/h3-7,10-12,18H,1,8-9H2,2H3,(H,19,20).